The second-order valence-electron chi connectivity index (χ2n) is 4.96. The summed E-state index contributed by atoms with van der Waals surface area (Å²) in [5, 5.41) is 2.18. The van der Waals surface area contributed by atoms with Crippen LogP contribution in [0.2, 0.25) is 0 Å². The molecule has 1 aromatic heterocycles. The van der Waals surface area contributed by atoms with E-state index in [9.17, 15) is 0 Å². The van der Waals surface area contributed by atoms with Gasteiger partial charge in [-0.15, -0.1) is 11.3 Å². The average Bonchev–Trinajstić information content (AvgIpc) is 2.65. The molecular weight excluding hydrogens is 216 g/mol. The summed E-state index contributed by atoms with van der Waals surface area (Å²) in [7, 11) is 2.22. The molecule has 2 N–H and O–H groups in total. The third-order valence-corrected chi connectivity index (χ3v) is 4.72. The fourth-order valence-electron chi connectivity index (χ4n) is 2.60. The van der Waals surface area contributed by atoms with Crippen LogP contribution in [0.25, 0.3) is 0 Å². The molecule has 3 heteroatoms. The lowest BCUT2D eigenvalue weighted by atomic mass is 9.90. The van der Waals surface area contributed by atoms with Gasteiger partial charge in [0.1, 0.15) is 0 Å². The zero-order chi connectivity index (χ0) is 11.5. The summed E-state index contributed by atoms with van der Waals surface area (Å²) in [5.74, 6) is 0. The van der Waals surface area contributed by atoms with Crippen molar-refractivity contribution < 1.29 is 0 Å². The highest BCUT2D eigenvalue weighted by atomic mass is 32.1. The summed E-state index contributed by atoms with van der Waals surface area (Å²) < 4.78 is 0. The molecule has 1 aliphatic rings. The molecule has 1 aromatic rings. The highest BCUT2D eigenvalue weighted by Crippen LogP contribution is 2.24. The summed E-state index contributed by atoms with van der Waals surface area (Å²) in [5.41, 5.74) is 7.63. The van der Waals surface area contributed by atoms with Gasteiger partial charge in [-0.1, -0.05) is 12.8 Å². The van der Waals surface area contributed by atoms with E-state index in [1.165, 1.54) is 36.1 Å². The summed E-state index contributed by atoms with van der Waals surface area (Å²) in [6, 6.07) is 3.16. The van der Waals surface area contributed by atoms with E-state index in [1.807, 2.05) is 11.3 Å². The fourth-order valence-corrected chi connectivity index (χ4v) is 3.57. The van der Waals surface area contributed by atoms with Crippen LogP contribution in [0.1, 0.15) is 36.1 Å². The molecule has 0 amide bonds. The first kappa shape index (κ1) is 12.1. The van der Waals surface area contributed by atoms with Crippen molar-refractivity contribution in [1.29, 1.82) is 0 Å². The van der Waals surface area contributed by atoms with Gasteiger partial charge in [0.25, 0.3) is 0 Å². The number of nitrogens with two attached hydrogens (primary N) is 1. The molecule has 2 atom stereocenters. The Balaban J connectivity index is 1.96. The van der Waals surface area contributed by atoms with Crippen molar-refractivity contribution >= 4 is 11.3 Å². The van der Waals surface area contributed by atoms with Crippen molar-refractivity contribution in [2.45, 2.75) is 51.2 Å². The van der Waals surface area contributed by atoms with Gasteiger partial charge in [-0.05, 0) is 43.8 Å². The third-order valence-electron chi connectivity index (χ3n) is 3.71. The van der Waals surface area contributed by atoms with Gasteiger partial charge in [0, 0.05) is 23.5 Å². The number of nitrogens with zero attached hydrogens (tertiary/aromatic N) is 1. The van der Waals surface area contributed by atoms with Crippen molar-refractivity contribution in [3.63, 3.8) is 0 Å². The van der Waals surface area contributed by atoms with Gasteiger partial charge in [-0.3, -0.25) is 4.90 Å². The van der Waals surface area contributed by atoms with E-state index in [2.05, 4.69) is 30.3 Å². The maximum Gasteiger partial charge on any atom is 0.0331 e. The van der Waals surface area contributed by atoms with Gasteiger partial charge in [0.05, 0.1) is 0 Å². The number of thiophene rings is 1. The molecule has 1 saturated carbocycles. The minimum Gasteiger partial charge on any atom is -0.326 e. The summed E-state index contributed by atoms with van der Waals surface area (Å²) in [4.78, 5) is 3.93. The van der Waals surface area contributed by atoms with Gasteiger partial charge in [-0.2, -0.15) is 0 Å². The van der Waals surface area contributed by atoms with E-state index >= 15 is 0 Å². The van der Waals surface area contributed by atoms with E-state index in [0.717, 1.165) is 6.54 Å². The monoisotopic (exact) mass is 238 g/mol. The van der Waals surface area contributed by atoms with Crippen LogP contribution < -0.4 is 5.73 Å². The molecule has 90 valence electrons. The van der Waals surface area contributed by atoms with Gasteiger partial charge in [0.2, 0.25) is 0 Å². The Morgan fingerprint density at radius 1 is 1.44 bits per heavy atom. The van der Waals surface area contributed by atoms with E-state index in [0.29, 0.717) is 12.1 Å². The number of rotatable bonds is 3. The van der Waals surface area contributed by atoms with Crippen LogP contribution in [0.3, 0.4) is 0 Å². The molecule has 0 radical (unpaired) electrons. The van der Waals surface area contributed by atoms with Crippen LogP contribution in [0.4, 0.5) is 0 Å². The van der Waals surface area contributed by atoms with Crippen LogP contribution in [-0.2, 0) is 6.54 Å². The van der Waals surface area contributed by atoms with Crippen molar-refractivity contribution in [3.05, 3.63) is 21.9 Å². The largest absolute Gasteiger partial charge is 0.326 e. The van der Waals surface area contributed by atoms with E-state index < -0.39 is 0 Å². The molecule has 0 aliphatic heterocycles. The van der Waals surface area contributed by atoms with Crippen LogP contribution in [0.5, 0.6) is 0 Å². The first-order chi connectivity index (χ1) is 7.68. The molecular formula is C13H22N2S. The molecule has 16 heavy (non-hydrogen) atoms. The first-order valence-electron chi connectivity index (χ1n) is 6.17. The number of hydrogen-bond donors (Lipinski definition) is 1. The minimum absolute atomic E-state index is 0.374. The van der Waals surface area contributed by atoms with Gasteiger partial charge >= 0.3 is 0 Å². The van der Waals surface area contributed by atoms with Gasteiger partial charge < -0.3 is 5.73 Å². The maximum absolute atomic E-state index is 6.21. The summed E-state index contributed by atoms with van der Waals surface area (Å²) in [6.07, 6.45) is 5.11. The molecule has 0 bridgehead atoms. The van der Waals surface area contributed by atoms with Crippen LogP contribution in [-0.4, -0.2) is 24.0 Å². The van der Waals surface area contributed by atoms with Crippen LogP contribution in [0.15, 0.2) is 11.4 Å². The van der Waals surface area contributed by atoms with Crippen molar-refractivity contribution in [1.82, 2.24) is 4.90 Å². The SMILES string of the molecule is Cc1ccsc1CN(C)C1CCCCC1N. The standard InChI is InChI=1S/C13H22N2S/c1-10-7-8-16-13(10)9-15(2)12-6-4-3-5-11(12)14/h7-8,11-12H,3-6,9,14H2,1-2H3. The molecule has 0 saturated heterocycles. The van der Waals surface area contributed by atoms with Crippen molar-refractivity contribution in [2.75, 3.05) is 7.05 Å². The third kappa shape index (κ3) is 2.65. The van der Waals surface area contributed by atoms with E-state index in [4.69, 9.17) is 5.73 Å². The number of aryl methyl sites for hydroxylation is 1. The molecule has 0 aromatic carbocycles. The van der Waals surface area contributed by atoms with Gasteiger partial charge in [-0.25, -0.2) is 0 Å². The number of likely N-dealkylation sites (N-methyl/N-ethyl adjacent to an activating group) is 1. The topological polar surface area (TPSA) is 29.3 Å². The highest BCUT2D eigenvalue weighted by Gasteiger charge is 2.25. The highest BCUT2D eigenvalue weighted by molar-refractivity contribution is 7.10. The average molecular weight is 238 g/mol. The Hall–Kier alpha value is -0.380. The van der Waals surface area contributed by atoms with Crippen LogP contribution >= 0.6 is 11.3 Å². The Morgan fingerprint density at radius 2 is 2.19 bits per heavy atom. The van der Waals surface area contributed by atoms with Crippen molar-refractivity contribution in [2.24, 2.45) is 5.73 Å². The Morgan fingerprint density at radius 3 is 2.81 bits per heavy atom. The molecule has 2 rings (SSSR count). The predicted molar refractivity (Wildman–Crippen MR) is 70.8 cm³/mol. The molecule has 1 fully saturated rings. The smallest absolute Gasteiger partial charge is 0.0331 e. The van der Waals surface area contributed by atoms with E-state index in [-0.39, 0.29) is 0 Å². The second-order valence-corrected chi connectivity index (χ2v) is 5.96. The fraction of sp³-hybridized carbons (Fsp3) is 0.692. The minimum atomic E-state index is 0.374. The molecule has 1 heterocycles. The molecule has 2 nitrogen and oxygen atoms in total. The lowest BCUT2D eigenvalue weighted by Crippen LogP contribution is -2.47. The Labute approximate surface area is 102 Å². The Kier molecular flexibility index (Phi) is 4.00. The first-order valence-corrected chi connectivity index (χ1v) is 7.05. The lowest BCUT2D eigenvalue weighted by molar-refractivity contribution is 0.163. The quantitative estimate of drug-likeness (QED) is 0.877. The zero-order valence-corrected chi connectivity index (χ0v) is 11.1. The molecule has 1 aliphatic carbocycles. The normalized spacial score (nSPS) is 26.2. The molecule has 0 spiro atoms. The Bertz CT molecular complexity index is 334. The predicted octanol–water partition coefficient (Wildman–Crippen LogP) is 2.76. The lowest BCUT2D eigenvalue weighted by Gasteiger charge is -2.35. The maximum atomic E-state index is 6.21. The molecule has 2 unspecified atom stereocenters. The van der Waals surface area contributed by atoms with E-state index in [1.54, 1.807) is 0 Å². The van der Waals surface area contributed by atoms with Crippen LogP contribution in [0, 0.1) is 6.92 Å². The number of hydrogen-bond acceptors (Lipinski definition) is 3. The summed E-state index contributed by atoms with van der Waals surface area (Å²) >= 11 is 1.86. The summed E-state index contributed by atoms with van der Waals surface area (Å²) in [6.45, 7) is 3.25. The van der Waals surface area contributed by atoms with Gasteiger partial charge in [0.15, 0.2) is 0 Å². The van der Waals surface area contributed by atoms with Crippen molar-refractivity contribution in [3.8, 4) is 0 Å². The second kappa shape index (κ2) is 5.30. The zero-order valence-electron chi connectivity index (χ0n) is 10.3.